The molecule has 2 aliphatic heterocycles. The molecule has 1 N–H and O–H groups in total. The Morgan fingerprint density at radius 3 is 2.77 bits per heavy atom. The highest BCUT2D eigenvalue weighted by Gasteiger charge is 2.40. The van der Waals surface area contributed by atoms with Crippen LogP contribution < -0.4 is 5.32 Å². The molecule has 3 atom stereocenters. The van der Waals surface area contributed by atoms with Crippen molar-refractivity contribution in [1.29, 1.82) is 0 Å². The molecule has 1 aromatic rings. The summed E-state index contributed by atoms with van der Waals surface area (Å²) in [4.78, 5) is 14.3. The van der Waals surface area contributed by atoms with Crippen LogP contribution in [0.15, 0.2) is 24.3 Å². The Hall–Kier alpha value is -1.23. The average molecular weight is 367 g/mol. The molecule has 1 saturated heterocycles. The molecule has 22 heavy (non-hydrogen) atoms. The van der Waals surface area contributed by atoms with E-state index in [4.69, 9.17) is 4.74 Å². The van der Waals surface area contributed by atoms with Crippen LogP contribution in [-0.2, 0) is 4.74 Å². The van der Waals surface area contributed by atoms with E-state index >= 15 is 0 Å². The molecule has 0 bridgehead atoms. The summed E-state index contributed by atoms with van der Waals surface area (Å²) in [5, 5.41) is 3.61. The number of ether oxygens (including phenoxy) is 1. The van der Waals surface area contributed by atoms with Gasteiger partial charge in [0.2, 0.25) is 0 Å². The lowest BCUT2D eigenvalue weighted by Crippen LogP contribution is -2.37. The highest BCUT2D eigenvalue weighted by molar-refractivity contribution is 9.09. The first-order chi connectivity index (χ1) is 10.3. The minimum Gasteiger partial charge on any atom is -0.444 e. The number of benzene rings is 1. The average Bonchev–Trinajstić information content (AvgIpc) is 3.03. The van der Waals surface area contributed by atoms with Crippen LogP contribution in [0.5, 0.6) is 0 Å². The number of nitrogens with one attached hydrogen (secondary N) is 1. The first-order valence-electron chi connectivity index (χ1n) is 7.82. The van der Waals surface area contributed by atoms with Gasteiger partial charge in [-0.05, 0) is 44.7 Å². The van der Waals surface area contributed by atoms with Crippen LogP contribution in [0.1, 0.15) is 37.6 Å². The number of hydrogen-bond acceptors (Lipinski definition) is 3. The molecule has 0 spiro atoms. The fraction of sp³-hybridized carbons (Fsp3) is 0.588. The number of rotatable bonds is 1. The minimum atomic E-state index is -0.436. The van der Waals surface area contributed by atoms with Gasteiger partial charge in [0.05, 0.1) is 4.83 Å². The second-order valence-corrected chi connectivity index (χ2v) is 8.12. The molecule has 2 heterocycles. The number of alkyl halides is 1. The van der Waals surface area contributed by atoms with Gasteiger partial charge < -0.3 is 15.0 Å². The lowest BCUT2D eigenvalue weighted by atomic mass is 9.96. The fourth-order valence-corrected chi connectivity index (χ4v) is 4.21. The summed E-state index contributed by atoms with van der Waals surface area (Å²) in [6.45, 7) is 7.24. The molecule has 4 nitrogen and oxygen atoms in total. The number of anilines is 1. The number of likely N-dealkylation sites (tertiary alicyclic amines) is 1. The molecule has 3 rings (SSSR count). The van der Waals surface area contributed by atoms with E-state index in [0.29, 0.717) is 16.8 Å². The molecule has 0 radical (unpaired) electrons. The normalized spacial score (nSPS) is 27.5. The van der Waals surface area contributed by atoms with E-state index in [-0.39, 0.29) is 6.09 Å². The summed E-state index contributed by atoms with van der Waals surface area (Å²) in [7, 11) is 0. The Morgan fingerprint density at radius 1 is 1.36 bits per heavy atom. The zero-order valence-electron chi connectivity index (χ0n) is 13.3. The van der Waals surface area contributed by atoms with E-state index in [1.54, 1.807) is 0 Å². The number of fused-ring (bicyclic) bond motifs is 1. The Labute approximate surface area is 140 Å². The molecule has 1 aromatic carbocycles. The molecular formula is C17H23BrN2O2. The number of para-hydroxylation sites is 1. The third-order valence-corrected chi connectivity index (χ3v) is 5.34. The molecule has 120 valence electrons. The summed E-state index contributed by atoms with van der Waals surface area (Å²) < 4.78 is 5.48. The summed E-state index contributed by atoms with van der Waals surface area (Å²) in [5.74, 6) is 0.435. The first-order valence-corrected chi connectivity index (χ1v) is 8.74. The van der Waals surface area contributed by atoms with Gasteiger partial charge in [-0.1, -0.05) is 34.1 Å². The summed E-state index contributed by atoms with van der Waals surface area (Å²) in [6.07, 6.45) is 0.809. The number of halogens is 1. The number of amides is 1. The molecule has 0 unspecified atom stereocenters. The van der Waals surface area contributed by atoms with Gasteiger partial charge in [-0.15, -0.1) is 0 Å². The Bertz CT molecular complexity index is 570. The lowest BCUT2D eigenvalue weighted by Gasteiger charge is -2.26. The van der Waals surface area contributed by atoms with Crippen LogP contribution in [0.3, 0.4) is 0 Å². The Balaban J connectivity index is 1.64. The van der Waals surface area contributed by atoms with E-state index in [1.807, 2.05) is 25.7 Å². The molecule has 1 amide bonds. The van der Waals surface area contributed by atoms with Gasteiger partial charge in [-0.2, -0.15) is 0 Å². The second-order valence-electron chi connectivity index (χ2n) is 7.13. The van der Waals surface area contributed by atoms with Gasteiger partial charge in [0.15, 0.2) is 0 Å². The zero-order chi connectivity index (χ0) is 15.9. The maximum Gasteiger partial charge on any atom is 0.410 e. The van der Waals surface area contributed by atoms with Crippen molar-refractivity contribution >= 4 is 27.7 Å². The summed E-state index contributed by atoms with van der Waals surface area (Å²) in [5.41, 5.74) is 2.07. The minimum absolute atomic E-state index is 0.198. The molecular weight excluding hydrogens is 344 g/mol. The van der Waals surface area contributed by atoms with Crippen molar-refractivity contribution in [2.75, 3.05) is 18.4 Å². The van der Waals surface area contributed by atoms with E-state index < -0.39 is 5.60 Å². The van der Waals surface area contributed by atoms with E-state index in [9.17, 15) is 4.79 Å². The van der Waals surface area contributed by atoms with Crippen LogP contribution in [0.2, 0.25) is 0 Å². The number of carbonyl (C=O) groups excluding carboxylic acids is 1. The fourth-order valence-electron chi connectivity index (χ4n) is 3.24. The number of nitrogens with zero attached hydrogens (tertiary/aromatic N) is 1. The van der Waals surface area contributed by atoms with Crippen LogP contribution in [0, 0.1) is 5.92 Å². The van der Waals surface area contributed by atoms with Gasteiger partial charge in [-0.3, -0.25) is 0 Å². The molecule has 0 aliphatic carbocycles. The van der Waals surface area contributed by atoms with Crippen LogP contribution in [0.4, 0.5) is 10.5 Å². The Kier molecular flexibility index (Phi) is 4.10. The standard InChI is InChI=1S/C17H23BrN2O2/c1-17(2,3)22-16(21)20-9-8-11(10-20)15-14(18)12-6-4-5-7-13(12)19-15/h4-7,11,14-15,19H,8-10H2,1-3H3/t11-,14-,15+/m0/s1. The first kappa shape index (κ1) is 15.7. The van der Waals surface area contributed by atoms with E-state index in [2.05, 4.69) is 45.5 Å². The van der Waals surface area contributed by atoms with Gasteiger partial charge in [-0.25, -0.2) is 4.79 Å². The third-order valence-electron chi connectivity index (χ3n) is 4.28. The van der Waals surface area contributed by atoms with E-state index in [1.165, 1.54) is 11.3 Å². The quantitative estimate of drug-likeness (QED) is 0.758. The van der Waals surface area contributed by atoms with Crippen molar-refractivity contribution in [2.45, 2.75) is 43.7 Å². The van der Waals surface area contributed by atoms with Gasteiger partial charge in [0.25, 0.3) is 0 Å². The maximum absolute atomic E-state index is 12.2. The maximum atomic E-state index is 12.2. The van der Waals surface area contributed by atoms with Crippen molar-refractivity contribution in [3.63, 3.8) is 0 Å². The van der Waals surface area contributed by atoms with E-state index in [0.717, 1.165) is 19.5 Å². The van der Waals surface area contributed by atoms with Crippen LogP contribution >= 0.6 is 15.9 Å². The zero-order valence-corrected chi connectivity index (χ0v) is 14.9. The largest absolute Gasteiger partial charge is 0.444 e. The highest BCUT2D eigenvalue weighted by atomic mass is 79.9. The number of hydrogen-bond donors (Lipinski definition) is 1. The van der Waals surface area contributed by atoms with Crippen molar-refractivity contribution in [3.05, 3.63) is 29.8 Å². The van der Waals surface area contributed by atoms with Crippen LogP contribution in [0.25, 0.3) is 0 Å². The second kappa shape index (κ2) is 5.76. The lowest BCUT2D eigenvalue weighted by molar-refractivity contribution is 0.0287. The monoisotopic (exact) mass is 366 g/mol. The van der Waals surface area contributed by atoms with Crippen molar-refractivity contribution in [2.24, 2.45) is 5.92 Å². The SMILES string of the molecule is CC(C)(C)OC(=O)N1CC[C@H]([C@H]2Nc3ccccc3[C@@H]2Br)C1. The van der Waals surface area contributed by atoms with Gasteiger partial charge in [0, 0.05) is 24.8 Å². The third kappa shape index (κ3) is 3.09. The molecule has 0 saturated carbocycles. The van der Waals surface area contributed by atoms with Crippen molar-refractivity contribution < 1.29 is 9.53 Å². The highest BCUT2D eigenvalue weighted by Crippen LogP contribution is 2.44. The summed E-state index contributed by atoms with van der Waals surface area (Å²) >= 11 is 3.82. The predicted molar refractivity (Wildman–Crippen MR) is 91.4 cm³/mol. The molecule has 0 aromatic heterocycles. The Morgan fingerprint density at radius 2 is 2.09 bits per heavy atom. The topological polar surface area (TPSA) is 41.6 Å². The summed E-state index contributed by atoms with van der Waals surface area (Å²) in [6, 6.07) is 8.71. The smallest absolute Gasteiger partial charge is 0.410 e. The van der Waals surface area contributed by atoms with Gasteiger partial charge in [0.1, 0.15) is 5.60 Å². The molecule has 2 aliphatic rings. The molecule has 5 heteroatoms. The van der Waals surface area contributed by atoms with Crippen molar-refractivity contribution in [1.82, 2.24) is 4.90 Å². The number of carbonyl (C=O) groups is 1. The predicted octanol–water partition coefficient (Wildman–Crippen LogP) is 4.17. The van der Waals surface area contributed by atoms with Crippen LogP contribution in [-0.4, -0.2) is 35.7 Å². The van der Waals surface area contributed by atoms with Gasteiger partial charge >= 0.3 is 6.09 Å². The van der Waals surface area contributed by atoms with Crippen molar-refractivity contribution in [3.8, 4) is 0 Å². The molecule has 1 fully saturated rings.